The summed E-state index contributed by atoms with van der Waals surface area (Å²) in [7, 11) is 0. The Kier molecular flexibility index (Phi) is 4.00. The molecule has 0 fully saturated rings. The second-order valence-corrected chi connectivity index (χ2v) is 6.64. The van der Waals surface area contributed by atoms with Gasteiger partial charge in [-0.15, -0.1) is 0 Å². The summed E-state index contributed by atoms with van der Waals surface area (Å²) in [5, 5.41) is 11.4. The molecule has 0 aliphatic rings. The molecule has 1 aromatic carbocycles. The van der Waals surface area contributed by atoms with Gasteiger partial charge in [0, 0.05) is 5.56 Å². The molecular weight excluding hydrogens is 308 g/mol. The molecule has 6 heteroatoms. The molecular formula is C17H18N4OS. The van der Waals surface area contributed by atoms with E-state index in [0.29, 0.717) is 16.4 Å². The van der Waals surface area contributed by atoms with Gasteiger partial charge in [-0.2, -0.15) is 14.9 Å². The van der Waals surface area contributed by atoms with Gasteiger partial charge < -0.3 is 4.42 Å². The van der Waals surface area contributed by atoms with Crippen molar-refractivity contribution in [3.8, 4) is 11.4 Å². The molecule has 0 saturated heterocycles. The van der Waals surface area contributed by atoms with Gasteiger partial charge in [-0.25, -0.2) is 5.10 Å². The average Bonchev–Trinajstić information content (AvgIpc) is 3.14. The lowest BCUT2D eigenvalue weighted by atomic mass is 9.87. The van der Waals surface area contributed by atoms with Crippen molar-refractivity contribution < 1.29 is 4.42 Å². The summed E-state index contributed by atoms with van der Waals surface area (Å²) in [4.78, 5) is 0. The summed E-state index contributed by atoms with van der Waals surface area (Å²) in [6, 6.07) is 11.9. The second-order valence-electron chi connectivity index (χ2n) is 6.25. The van der Waals surface area contributed by atoms with Crippen molar-refractivity contribution in [2.45, 2.75) is 26.2 Å². The van der Waals surface area contributed by atoms with Crippen LogP contribution in [0.2, 0.25) is 0 Å². The molecule has 0 spiro atoms. The minimum absolute atomic E-state index is 0.112. The van der Waals surface area contributed by atoms with E-state index in [4.69, 9.17) is 16.6 Å². The number of aromatic amines is 1. The Labute approximate surface area is 139 Å². The molecule has 2 aromatic heterocycles. The van der Waals surface area contributed by atoms with Gasteiger partial charge in [0.15, 0.2) is 5.82 Å². The summed E-state index contributed by atoms with van der Waals surface area (Å²) in [6.45, 7) is 6.56. The number of hydrogen-bond acceptors (Lipinski definition) is 4. The fraction of sp³-hybridized carbons (Fsp3) is 0.235. The van der Waals surface area contributed by atoms with E-state index in [1.165, 1.54) is 5.56 Å². The highest BCUT2D eigenvalue weighted by Crippen LogP contribution is 2.25. The van der Waals surface area contributed by atoms with Crippen LogP contribution in [-0.4, -0.2) is 21.1 Å². The Morgan fingerprint density at radius 2 is 1.96 bits per heavy atom. The van der Waals surface area contributed by atoms with Gasteiger partial charge in [-0.1, -0.05) is 45.0 Å². The summed E-state index contributed by atoms with van der Waals surface area (Å²) in [5.74, 6) is 1.32. The van der Waals surface area contributed by atoms with Gasteiger partial charge >= 0.3 is 0 Å². The van der Waals surface area contributed by atoms with E-state index in [0.717, 1.165) is 5.56 Å². The van der Waals surface area contributed by atoms with Crippen LogP contribution in [0.1, 0.15) is 32.1 Å². The van der Waals surface area contributed by atoms with Gasteiger partial charge in [-0.3, -0.25) is 0 Å². The first-order chi connectivity index (χ1) is 10.9. The number of rotatable bonds is 3. The fourth-order valence-electron chi connectivity index (χ4n) is 2.18. The molecule has 0 unspecified atom stereocenters. The number of furan rings is 1. The van der Waals surface area contributed by atoms with Crippen LogP contribution < -0.4 is 0 Å². The van der Waals surface area contributed by atoms with E-state index >= 15 is 0 Å². The van der Waals surface area contributed by atoms with Crippen LogP contribution in [0, 0.1) is 4.77 Å². The van der Waals surface area contributed by atoms with Crippen molar-refractivity contribution in [2.24, 2.45) is 5.10 Å². The highest BCUT2D eigenvalue weighted by Gasteiger charge is 2.14. The number of nitrogens with one attached hydrogen (secondary N) is 1. The average molecular weight is 326 g/mol. The van der Waals surface area contributed by atoms with Gasteiger partial charge in [-0.05, 0) is 35.3 Å². The third-order valence-corrected chi connectivity index (χ3v) is 3.77. The molecule has 3 rings (SSSR count). The Morgan fingerprint density at radius 3 is 2.57 bits per heavy atom. The van der Waals surface area contributed by atoms with Crippen LogP contribution in [0.25, 0.3) is 11.4 Å². The maximum atomic E-state index is 5.25. The van der Waals surface area contributed by atoms with Gasteiger partial charge in [0.25, 0.3) is 0 Å². The second kappa shape index (κ2) is 5.96. The maximum absolute atomic E-state index is 5.25. The van der Waals surface area contributed by atoms with Crippen molar-refractivity contribution in [3.05, 3.63) is 58.8 Å². The van der Waals surface area contributed by atoms with E-state index in [2.05, 4.69) is 48.2 Å². The summed E-state index contributed by atoms with van der Waals surface area (Å²) in [5.41, 5.74) is 2.32. The molecule has 118 valence electrons. The molecule has 3 aromatic rings. The normalized spacial score (nSPS) is 12.1. The Bertz CT molecular complexity index is 865. The van der Waals surface area contributed by atoms with Crippen LogP contribution in [-0.2, 0) is 5.41 Å². The molecule has 0 aliphatic carbocycles. The van der Waals surface area contributed by atoms with Crippen LogP contribution >= 0.6 is 12.2 Å². The minimum Gasteiger partial charge on any atom is -0.463 e. The first kappa shape index (κ1) is 15.4. The quantitative estimate of drug-likeness (QED) is 0.574. The van der Waals surface area contributed by atoms with Crippen LogP contribution in [0.15, 0.2) is 52.2 Å². The SMILES string of the molecule is CC(C)(C)c1ccc(-c2n[nH]c(=S)n2N=Cc2ccco2)cc1. The van der Waals surface area contributed by atoms with E-state index in [9.17, 15) is 0 Å². The molecule has 2 heterocycles. The Balaban J connectivity index is 1.96. The van der Waals surface area contributed by atoms with E-state index in [1.54, 1.807) is 17.2 Å². The lowest BCUT2D eigenvalue weighted by Crippen LogP contribution is -2.10. The predicted octanol–water partition coefficient (Wildman–Crippen LogP) is 4.38. The van der Waals surface area contributed by atoms with Crippen LogP contribution in [0.4, 0.5) is 0 Å². The predicted molar refractivity (Wildman–Crippen MR) is 93.2 cm³/mol. The standard InChI is InChI=1S/C17H18N4OS/c1-17(2,3)13-8-6-12(7-9-13)15-19-20-16(23)21(15)18-11-14-5-4-10-22-14/h4-11H,1-3H3,(H,20,23). The van der Waals surface area contributed by atoms with Crippen molar-refractivity contribution in [2.75, 3.05) is 0 Å². The third-order valence-electron chi connectivity index (χ3n) is 3.50. The number of benzene rings is 1. The van der Waals surface area contributed by atoms with Crippen molar-refractivity contribution in [1.82, 2.24) is 14.9 Å². The lowest BCUT2D eigenvalue weighted by molar-refractivity contribution is 0.559. The Morgan fingerprint density at radius 1 is 1.22 bits per heavy atom. The zero-order valence-corrected chi connectivity index (χ0v) is 14.1. The van der Waals surface area contributed by atoms with Gasteiger partial charge in [0.05, 0.1) is 12.5 Å². The number of nitrogens with zero attached hydrogens (tertiary/aromatic N) is 3. The number of H-pyrrole nitrogens is 1. The summed E-state index contributed by atoms with van der Waals surface area (Å²) in [6.07, 6.45) is 3.21. The maximum Gasteiger partial charge on any atom is 0.216 e. The number of hydrogen-bond donors (Lipinski definition) is 1. The molecule has 0 atom stereocenters. The monoisotopic (exact) mass is 326 g/mol. The van der Waals surface area contributed by atoms with E-state index in [1.807, 2.05) is 24.3 Å². The molecule has 0 radical (unpaired) electrons. The third kappa shape index (κ3) is 3.32. The van der Waals surface area contributed by atoms with E-state index < -0.39 is 0 Å². The molecule has 0 saturated carbocycles. The van der Waals surface area contributed by atoms with Crippen molar-refractivity contribution >= 4 is 18.4 Å². The molecule has 1 N–H and O–H groups in total. The number of aromatic nitrogens is 3. The molecule has 0 bridgehead atoms. The van der Waals surface area contributed by atoms with Gasteiger partial charge in [0.1, 0.15) is 5.76 Å². The zero-order valence-electron chi connectivity index (χ0n) is 13.3. The summed E-state index contributed by atoms with van der Waals surface area (Å²) >= 11 is 5.25. The first-order valence-corrected chi connectivity index (χ1v) is 7.72. The highest BCUT2D eigenvalue weighted by atomic mass is 32.1. The summed E-state index contributed by atoms with van der Waals surface area (Å²) < 4.78 is 7.26. The fourth-order valence-corrected chi connectivity index (χ4v) is 2.36. The van der Waals surface area contributed by atoms with Crippen LogP contribution in [0.5, 0.6) is 0 Å². The topological polar surface area (TPSA) is 59.1 Å². The largest absolute Gasteiger partial charge is 0.463 e. The van der Waals surface area contributed by atoms with Crippen LogP contribution in [0.3, 0.4) is 0 Å². The smallest absolute Gasteiger partial charge is 0.216 e. The lowest BCUT2D eigenvalue weighted by Gasteiger charge is -2.18. The molecule has 0 aliphatic heterocycles. The van der Waals surface area contributed by atoms with Crippen molar-refractivity contribution in [1.29, 1.82) is 0 Å². The molecule has 5 nitrogen and oxygen atoms in total. The molecule has 23 heavy (non-hydrogen) atoms. The highest BCUT2D eigenvalue weighted by molar-refractivity contribution is 7.71. The van der Waals surface area contributed by atoms with E-state index in [-0.39, 0.29) is 5.41 Å². The zero-order chi connectivity index (χ0) is 16.4. The van der Waals surface area contributed by atoms with Crippen molar-refractivity contribution in [3.63, 3.8) is 0 Å². The minimum atomic E-state index is 0.112. The Hall–Kier alpha value is -2.47. The van der Waals surface area contributed by atoms with Gasteiger partial charge in [0.2, 0.25) is 4.77 Å². The first-order valence-electron chi connectivity index (χ1n) is 7.31. The molecule has 0 amide bonds.